The first kappa shape index (κ1) is 10.1. The molecule has 2 N–H and O–H groups in total. The van der Waals surface area contributed by atoms with Crippen molar-refractivity contribution in [3.63, 3.8) is 0 Å². The van der Waals surface area contributed by atoms with Crippen molar-refractivity contribution < 1.29 is 0 Å². The third-order valence-corrected chi connectivity index (χ3v) is 3.13. The molecule has 0 unspecified atom stereocenters. The van der Waals surface area contributed by atoms with Crippen LogP contribution in [0.5, 0.6) is 0 Å². The maximum atomic E-state index is 5.86. The summed E-state index contributed by atoms with van der Waals surface area (Å²) in [6.07, 6.45) is 3.87. The van der Waals surface area contributed by atoms with Crippen molar-refractivity contribution in [1.82, 2.24) is 9.78 Å². The van der Waals surface area contributed by atoms with Crippen LogP contribution in [0.15, 0.2) is 41.6 Å². The maximum Gasteiger partial charge on any atom is 0.0625 e. The zero-order valence-electron chi connectivity index (χ0n) is 8.55. The first-order valence-electron chi connectivity index (χ1n) is 4.70. The van der Waals surface area contributed by atoms with E-state index in [1.165, 1.54) is 10.5 Å². The fraction of sp³-hybridized carbons (Fsp3) is 0.182. The number of anilines is 1. The fourth-order valence-electron chi connectivity index (χ4n) is 1.30. The Bertz CT molecular complexity index is 451. The average Bonchev–Trinajstić information content (AvgIpc) is 2.63. The van der Waals surface area contributed by atoms with Gasteiger partial charge in [0.2, 0.25) is 0 Å². The quantitative estimate of drug-likeness (QED) is 0.636. The van der Waals surface area contributed by atoms with Crippen molar-refractivity contribution in [3.8, 4) is 0 Å². The van der Waals surface area contributed by atoms with Crippen LogP contribution in [-0.4, -0.2) is 9.78 Å². The number of aromatic nitrogens is 2. The predicted molar refractivity (Wildman–Crippen MR) is 63.6 cm³/mol. The van der Waals surface area contributed by atoms with Gasteiger partial charge in [-0.3, -0.25) is 4.68 Å². The number of nitrogens with two attached hydrogens (primary N) is 1. The van der Waals surface area contributed by atoms with Crippen LogP contribution in [0, 0.1) is 0 Å². The van der Waals surface area contributed by atoms with Crippen LogP contribution < -0.4 is 5.73 Å². The molecule has 15 heavy (non-hydrogen) atoms. The molecule has 1 aromatic carbocycles. The van der Waals surface area contributed by atoms with E-state index in [4.69, 9.17) is 5.73 Å². The molecule has 1 heterocycles. The topological polar surface area (TPSA) is 43.8 Å². The van der Waals surface area contributed by atoms with Crippen molar-refractivity contribution in [2.45, 2.75) is 10.6 Å². The highest BCUT2D eigenvalue weighted by Crippen LogP contribution is 2.24. The van der Waals surface area contributed by atoms with Crippen molar-refractivity contribution >= 4 is 17.4 Å². The van der Waals surface area contributed by atoms with Gasteiger partial charge in [0.15, 0.2) is 0 Å². The summed E-state index contributed by atoms with van der Waals surface area (Å²) in [4.78, 5) is 1.17. The van der Waals surface area contributed by atoms with Gasteiger partial charge >= 0.3 is 0 Å². The Kier molecular flexibility index (Phi) is 2.97. The molecule has 78 valence electrons. The molecule has 0 aliphatic carbocycles. The lowest BCUT2D eigenvalue weighted by atomic mass is 10.2. The van der Waals surface area contributed by atoms with E-state index in [1.807, 2.05) is 37.6 Å². The van der Waals surface area contributed by atoms with E-state index in [9.17, 15) is 0 Å². The smallest absolute Gasteiger partial charge is 0.0625 e. The van der Waals surface area contributed by atoms with Crippen LogP contribution in [0.3, 0.4) is 0 Å². The van der Waals surface area contributed by atoms with Gasteiger partial charge in [-0.05, 0) is 11.6 Å². The van der Waals surface area contributed by atoms with Gasteiger partial charge in [0.25, 0.3) is 0 Å². The minimum absolute atomic E-state index is 0.855. The lowest BCUT2D eigenvalue weighted by molar-refractivity contribution is 0.766. The first-order valence-corrected chi connectivity index (χ1v) is 5.69. The number of nitrogen functional groups attached to an aromatic ring is 1. The second-order valence-electron chi connectivity index (χ2n) is 3.34. The zero-order chi connectivity index (χ0) is 10.7. The number of rotatable bonds is 3. The highest BCUT2D eigenvalue weighted by molar-refractivity contribution is 7.98. The molecule has 0 bridgehead atoms. The molecule has 4 heteroatoms. The van der Waals surface area contributed by atoms with Crippen LogP contribution in [0.2, 0.25) is 0 Å². The lowest BCUT2D eigenvalue weighted by Gasteiger charge is -2.02. The maximum absolute atomic E-state index is 5.86. The summed E-state index contributed by atoms with van der Waals surface area (Å²) in [7, 11) is 1.92. The molecule has 3 nitrogen and oxygen atoms in total. The van der Waals surface area contributed by atoms with Crippen LogP contribution in [0.1, 0.15) is 5.56 Å². The average molecular weight is 219 g/mol. The minimum Gasteiger partial charge on any atom is -0.398 e. The number of aryl methyl sites for hydroxylation is 1. The van der Waals surface area contributed by atoms with Crippen molar-refractivity contribution in [1.29, 1.82) is 0 Å². The number of para-hydroxylation sites is 1. The molecule has 0 radical (unpaired) electrons. The summed E-state index contributed by atoms with van der Waals surface area (Å²) in [5.74, 6) is 0.887. The van der Waals surface area contributed by atoms with Gasteiger partial charge in [-0.25, -0.2) is 0 Å². The number of thioether (sulfide) groups is 1. The van der Waals surface area contributed by atoms with Crippen LogP contribution in [0.25, 0.3) is 0 Å². The van der Waals surface area contributed by atoms with Gasteiger partial charge in [-0.2, -0.15) is 5.10 Å². The third-order valence-electron chi connectivity index (χ3n) is 2.13. The Labute approximate surface area is 93.3 Å². The highest BCUT2D eigenvalue weighted by Gasteiger charge is 2.00. The second kappa shape index (κ2) is 4.40. The molecule has 0 atom stereocenters. The summed E-state index contributed by atoms with van der Waals surface area (Å²) >= 11 is 1.75. The molecule has 0 amide bonds. The van der Waals surface area contributed by atoms with E-state index in [1.54, 1.807) is 16.4 Å². The Morgan fingerprint density at radius 3 is 2.87 bits per heavy atom. The van der Waals surface area contributed by atoms with Crippen LogP contribution in [-0.2, 0) is 12.8 Å². The van der Waals surface area contributed by atoms with E-state index < -0.39 is 0 Å². The molecular weight excluding hydrogens is 206 g/mol. The molecule has 0 aliphatic rings. The van der Waals surface area contributed by atoms with E-state index >= 15 is 0 Å². The predicted octanol–water partition coefficient (Wildman–Crippen LogP) is 2.29. The minimum atomic E-state index is 0.855. The second-order valence-corrected chi connectivity index (χ2v) is 4.39. The monoisotopic (exact) mass is 219 g/mol. The highest BCUT2D eigenvalue weighted by atomic mass is 32.2. The molecule has 0 saturated carbocycles. The Morgan fingerprint density at radius 2 is 2.20 bits per heavy atom. The zero-order valence-corrected chi connectivity index (χ0v) is 9.37. The van der Waals surface area contributed by atoms with Gasteiger partial charge in [0.05, 0.1) is 6.20 Å². The standard InChI is InChI=1S/C11H13N3S/c1-14-7-10(6-13-14)15-8-9-4-2-3-5-11(9)12/h2-7H,8,12H2,1H3. The van der Waals surface area contributed by atoms with Gasteiger partial charge in [-0.15, -0.1) is 11.8 Å². The van der Waals surface area contributed by atoms with Crippen LogP contribution in [0.4, 0.5) is 5.69 Å². The summed E-state index contributed by atoms with van der Waals surface area (Å²) in [5, 5.41) is 4.12. The Hall–Kier alpha value is -1.42. The van der Waals surface area contributed by atoms with Crippen LogP contribution >= 0.6 is 11.8 Å². The third kappa shape index (κ3) is 2.53. The molecule has 2 rings (SSSR count). The first-order chi connectivity index (χ1) is 7.25. The molecule has 0 spiro atoms. The van der Waals surface area contributed by atoms with Gasteiger partial charge in [0.1, 0.15) is 0 Å². The Morgan fingerprint density at radius 1 is 1.40 bits per heavy atom. The number of hydrogen-bond acceptors (Lipinski definition) is 3. The van der Waals surface area contributed by atoms with E-state index in [2.05, 4.69) is 11.2 Å². The van der Waals surface area contributed by atoms with E-state index in [-0.39, 0.29) is 0 Å². The van der Waals surface area contributed by atoms with Gasteiger partial charge in [-0.1, -0.05) is 18.2 Å². The summed E-state index contributed by atoms with van der Waals surface area (Å²) < 4.78 is 1.80. The summed E-state index contributed by atoms with van der Waals surface area (Å²) in [6, 6.07) is 7.95. The van der Waals surface area contributed by atoms with Crippen molar-refractivity contribution in [2.75, 3.05) is 5.73 Å². The number of hydrogen-bond donors (Lipinski definition) is 1. The van der Waals surface area contributed by atoms with Crippen molar-refractivity contribution in [2.24, 2.45) is 7.05 Å². The summed E-state index contributed by atoms with van der Waals surface area (Å²) in [5.41, 5.74) is 7.88. The lowest BCUT2D eigenvalue weighted by Crippen LogP contribution is -1.91. The molecule has 0 saturated heterocycles. The van der Waals surface area contributed by atoms with Gasteiger partial charge in [0, 0.05) is 29.6 Å². The summed E-state index contributed by atoms with van der Waals surface area (Å²) in [6.45, 7) is 0. The molecule has 1 aromatic heterocycles. The van der Waals surface area contributed by atoms with E-state index in [0.717, 1.165) is 11.4 Å². The molecule has 2 aromatic rings. The normalized spacial score (nSPS) is 10.5. The number of nitrogens with zero attached hydrogens (tertiary/aromatic N) is 2. The number of benzene rings is 1. The fourth-order valence-corrected chi connectivity index (χ4v) is 2.23. The molecule has 0 aliphatic heterocycles. The Balaban J connectivity index is 2.02. The molecule has 0 fully saturated rings. The molecular formula is C11H13N3S. The SMILES string of the molecule is Cn1cc(SCc2ccccc2N)cn1. The largest absolute Gasteiger partial charge is 0.398 e. The van der Waals surface area contributed by atoms with Crippen molar-refractivity contribution in [3.05, 3.63) is 42.2 Å². The van der Waals surface area contributed by atoms with Gasteiger partial charge < -0.3 is 5.73 Å². The van der Waals surface area contributed by atoms with E-state index in [0.29, 0.717) is 0 Å².